The van der Waals surface area contributed by atoms with Crippen molar-refractivity contribution in [2.24, 2.45) is 5.92 Å². The third kappa shape index (κ3) is 6.00. The van der Waals surface area contributed by atoms with Crippen LogP contribution in [0.1, 0.15) is 46.6 Å². The molecule has 0 aliphatic heterocycles. The summed E-state index contributed by atoms with van der Waals surface area (Å²) in [6.45, 7) is 9.42. The van der Waals surface area contributed by atoms with Gasteiger partial charge in [-0.1, -0.05) is 49.7 Å². The van der Waals surface area contributed by atoms with Crippen molar-refractivity contribution < 1.29 is 14.0 Å². The van der Waals surface area contributed by atoms with Crippen LogP contribution in [0.3, 0.4) is 0 Å². The fraction of sp³-hybridized carbons (Fsp3) is 0.267. The number of benzene rings is 3. The first-order valence-electron chi connectivity index (χ1n) is 12.2. The standard InChI is InChI=1S/C30H32FN3O2/c1-19(2)17-32-30(36)28-16-23-15-26(33-29(35)14-22-7-9-25(31)10-8-22)11-12-27(23)34(28)18-24-13-20(3)5-6-21(24)4/h5-13,15-16,19H,14,17-18H2,1-4H3,(H,32,36)(H,33,35). The Kier molecular flexibility index (Phi) is 7.53. The molecule has 0 aliphatic rings. The van der Waals surface area contributed by atoms with Crippen LogP contribution in [-0.2, 0) is 17.8 Å². The molecule has 0 atom stereocenters. The second-order valence-electron chi connectivity index (χ2n) is 9.77. The van der Waals surface area contributed by atoms with Gasteiger partial charge in [-0.3, -0.25) is 9.59 Å². The van der Waals surface area contributed by atoms with E-state index in [1.807, 2.05) is 28.8 Å². The molecule has 36 heavy (non-hydrogen) atoms. The van der Waals surface area contributed by atoms with Gasteiger partial charge in [0, 0.05) is 29.7 Å². The zero-order chi connectivity index (χ0) is 25.8. The Morgan fingerprint density at radius 3 is 2.42 bits per heavy atom. The normalized spacial score (nSPS) is 11.2. The molecule has 6 heteroatoms. The fourth-order valence-electron chi connectivity index (χ4n) is 4.23. The number of hydrogen-bond donors (Lipinski definition) is 2. The molecule has 3 aromatic carbocycles. The lowest BCUT2D eigenvalue weighted by Gasteiger charge is -2.14. The summed E-state index contributed by atoms with van der Waals surface area (Å²) in [5, 5.41) is 6.82. The van der Waals surface area contributed by atoms with Crippen LogP contribution in [0, 0.1) is 25.6 Å². The SMILES string of the molecule is Cc1ccc(C)c(Cn2c(C(=O)NCC(C)C)cc3cc(NC(=O)Cc4ccc(F)cc4)ccc32)c1. The fourth-order valence-corrected chi connectivity index (χ4v) is 4.23. The number of halogens is 1. The van der Waals surface area contributed by atoms with Crippen molar-refractivity contribution in [2.45, 2.75) is 40.7 Å². The van der Waals surface area contributed by atoms with Crippen molar-refractivity contribution in [3.63, 3.8) is 0 Å². The number of aryl methyl sites for hydroxylation is 2. The molecular weight excluding hydrogens is 453 g/mol. The average molecular weight is 486 g/mol. The van der Waals surface area contributed by atoms with E-state index in [0.29, 0.717) is 30.4 Å². The van der Waals surface area contributed by atoms with Crippen molar-refractivity contribution in [3.8, 4) is 0 Å². The summed E-state index contributed by atoms with van der Waals surface area (Å²) in [5.74, 6) is -0.297. The molecule has 2 N–H and O–H groups in total. The van der Waals surface area contributed by atoms with Crippen LogP contribution in [0.4, 0.5) is 10.1 Å². The average Bonchev–Trinajstić information content (AvgIpc) is 3.19. The topological polar surface area (TPSA) is 63.1 Å². The lowest BCUT2D eigenvalue weighted by molar-refractivity contribution is -0.115. The predicted molar refractivity (Wildman–Crippen MR) is 143 cm³/mol. The molecule has 0 saturated carbocycles. The first-order valence-corrected chi connectivity index (χ1v) is 12.2. The van der Waals surface area contributed by atoms with Gasteiger partial charge < -0.3 is 15.2 Å². The van der Waals surface area contributed by atoms with Crippen molar-refractivity contribution in [1.82, 2.24) is 9.88 Å². The smallest absolute Gasteiger partial charge is 0.267 e. The van der Waals surface area contributed by atoms with Gasteiger partial charge in [0.05, 0.1) is 6.42 Å². The zero-order valence-corrected chi connectivity index (χ0v) is 21.2. The number of nitrogens with one attached hydrogen (secondary N) is 2. The van der Waals surface area contributed by atoms with Gasteiger partial charge in [-0.05, 0) is 72.9 Å². The van der Waals surface area contributed by atoms with E-state index in [1.54, 1.807) is 12.1 Å². The lowest BCUT2D eigenvalue weighted by Crippen LogP contribution is -2.29. The predicted octanol–water partition coefficient (Wildman–Crippen LogP) is 6.01. The van der Waals surface area contributed by atoms with Crippen LogP contribution in [0.2, 0.25) is 0 Å². The Labute approximate surface area is 211 Å². The summed E-state index contributed by atoms with van der Waals surface area (Å²) >= 11 is 0. The maximum atomic E-state index is 13.1. The molecule has 0 spiro atoms. The van der Waals surface area contributed by atoms with E-state index >= 15 is 0 Å². The molecule has 1 heterocycles. The monoisotopic (exact) mass is 485 g/mol. The minimum atomic E-state index is -0.330. The number of hydrogen-bond acceptors (Lipinski definition) is 2. The highest BCUT2D eigenvalue weighted by atomic mass is 19.1. The number of fused-ring (bicyclic) bond motifs is 1. The van der Waals surface area contributed by atoms with Gasteiger partial charge in [0.25, 0.3) is 5.91 Å². The lowest BCUT2D eigenvalue weighted by atomic mass is 10.1. The quantitative estimate of drug-likeness (QED) is 0.321. The Balaban J connectivity index is 1.64. The Hall–Kier alpha value is -3.93. The third-order valence-corrected chi connectivity index (χ3v) is 6.20. The van der Waals surface area contributed by atoms with Crippen molar-refractivity contribution in [1.29, 1.82) is 0 Å². The van der Waals surface area contributed by atoms with Crippen LogP contribution in [0.5, 0.6) is 0 Å². The summed E-state index contributed by atoms with van der Waals surface area (Å²) in [6.07, 6.45) is 0.148. The van der Waals surface area contributed by atoms with E-state index in [4.69, 9.17) is 0 Å². The number of carbonyl (C=O) groups is 2. The van der Waals surface area contributed by atoms with Crippen LogP contribution >= 0.6 is 0 Å². The van der Waals surface area contributed by atoms with Gasteiger partial charge in [0.1, 0.15) is 11.5 Å². The minimum absolute atomic E-state index is 0.118. The summed E-state index contributed by atoms with van der Waals surface area (Å²) < 4.78 is 15.2. The van der Waals surface area contributed by atoms with Gasteiger partial charge >= 0.3 is 0 Å². The molecule has 4 rings (SSSR count). The first kappa shape index (κ1) is 25.2. The molecule has 0 saturated heterocycles. The molecule has 0 aliphatic carbocycles. The van der Waals surface area contributed by atoms with E-state index in [0.717, 1.165) is 22.0 Å². The maximum absolute atomic E-state index is 13.1. The number of carbonyl (C=O) groups excluding carboxylic acids is 2. The minimum Gasteiger partial charge on any atom is -0.351 e. The summed E-state index contributed by atoms with van der Waals surface area (Å²) in [4.78, 5) is 25.7. The van der Waals surface area contributed by atoms with Gasteiger partial charge in [0.2, 0.25) is 5.91 Å². The summed E-state index contributed by atoms with van der Waals surface area (Å²) in [7, 11) is 0. The van der Waals surface area contributed by atoms with Crippen molar-refractivity contribution >= 4 is 28.4 Å². The van der Waals surface area contributed by atoms with E-state index in [9.17, 15) is 14.0 Å². The highest BCUT2D eigenvalue weighted by Gasteiger charge is 2.18. The number of amides is 2. The Morgan fingerprint density at radius 2 is 1.69 bits per heavy atom. The summed E-state index contributed by atoms with van der Waals surface area (Å²) in [6, 6.07) is 19.8. The van der Waals surface area contributed by atoms with Gasteiger partial charge in [-0.25, -0.2) is 4.39 Å². The molecule has 0 radical (unpaired) electrons. The summed E-state index contributed by atoms with van der Waals surface area (Å²) in [5.41, 5.74) is 6.38. The number of nitrogens with zero attached hydrogens (tertiary/aromatic N) is 1. The van der Waals surface area contributed by atoms with E-state index in [1.165, 1.54) is 23.3 Å². The van der Waals surface area contributed by atoms with Gasteiger partial charge in [-0.2, -0.15) is 0 Å². The first-order chi connectivity index (χ1) is 17.2. The number of rotatable bonds is 8. The second-order valence-corrected chi connectivity index (χ2v) is 9.77. The van der Waals surface area contributed by atoms with Crippen LogP contribution < -0.4 is 10.6 Å². The van der Waals surface area contributed by atoms with Crippen LogP contribution in [0.15, 0.2) is 66.7 Å². The molecule has 0 unspecified atom stereocenters. The van der Waals surface area contributed by atoms with E-state index in [-0.39, 0.29) is 24.1 Å². The highest BCUT2D eigenvalue weighted by molar-refractivity contribution is 6.01. The van der Waals surface area contributed by atoms with Crippen LogP contribution in [0.25, 0.3) is 10.9 Å². The Bertz CT molecular complexity index is 1400. The molecule has 5 nitrogen and oxygen atoms in total. The van der Waals surface area contributed by atoms with Gasteiger partial charge in [0.15, 0.2) is 0 Å². The third-order valence-electron chi connectivity index (χ3n) is 6.20. The highest BCUT2D eigenvalue weighted by Crippen LogP contribution is 2.26. The zero-order valence-electron chi connectivity index (χ0n) is 21.2. The maximum Gasteiger partial charge on any atom is 0.267 e. The molecule has 0 bridgehead atoms. The van der Waals surface area contributed by atoms with Crippen LogP contribution in [-0.4, -0.2) is 22.9 Å². The molecule has 2 amide bonds. The second kappa shape index (κ2) is 10.8. The number of aromatic nitrogens is 1. The number of anilines is 1. The molecular formula is C30H32FN3O2. The molecule has 0 fully saturated rings. The van der Waals surface area contributed by atoms with Crippen molar-refractivity contribution in [2.75, 3.05) is 11.9 Å². The van der Waals surface area contributed by atoms with Gasteiger partial charge in [-0.15, -0.1) is 0 Å². The van der Waals surface area contributed by atoms with E-state index < -0.39 is 0 Å². The largest absolute Gasteiger partial charge is 0.351 e. The molecule has 186 valence electrons. The van der Waals surface area contributed by atoms with Crippen molar-refractivity contribution in [3.05, 3.63) is 100 Å². The Morgan fingerprint density at radius 1 is 0.944 bits per heavy atom. The molecule has 4 aromatic rings. The molecule has 1 aromatic heterocycles. The van der Waals surface area contributed by atoms with E-state index in [2.05, 4.69) is 56.5 Å².